The number of nitrogens with zero attached hydrogens (tertiary/aromatic N) is 3. The molecule has 1 aliphatic rings. The predicted molar refractivity (Wildman–Crippen MR) is 116 cm³/mol. The molecule has 150 valence electrons. The summed E-state index contributed by atoms with van der Waals surface area (Å²) in [5.41, 5.74) is 2.75. The van der Waals surface area contributed by atoms with Gasteiger partial charge in [-0.05, 0) is 48.5 Å². The number of thioether (sulfide) groups is 1. The number of amides is 3. The molecule has 0 bridgehead atoms. The molecule has 1 fully saturated rings. The van der Waals surface area contributed by atoms with Crippen molar-refractivity contribution >= 4 is 45.8 Å². The van der Waals surface area contributed by atoms with E-state index in [0.717, 1.165) is 38.8 Å². The molecule has 4 rings (SSSR count). The summed E-state index contributed by atoms with van der Waals surface area (Å²) in [6.45, 7) is 2.09. The number of fused-ring (bicyclic) bond motifs is 1. The van der Waals surface area contributed by atoms with Crippen LogP contribution in [0.25, 0.3) is 17.0 Å². The Labute approximate surface area is 177 Å². The zero-order valence-electron chi connectivity index (χ0n) is 16.2. The van der Waals surface area contributed by atoms with Gasteiger partial charge >= 0.3 is 0 Å². The van der Waals surface area contributed by atoms with Gasteiger partial charge in [-0.1, -0.05) is 24.3 Å². The van der Waals surface area contributed by atoms with E-state index < -0.39 is 0 Å². The first-order chi connectivity index (χ1) is 14.5. The fourth-order valence-electron chi connectivity index (χ4n) is 3.18. The quantitative estimate of drug-likeness (QED) is 0.639. The molecule has 2 aromatic heterocycles. The summed E-state index contributed by atoms with van der Waals surface area (Å²) in [5.74, 6) is -0.636. The first-order valence-electron chi connectivity index (χ1n) is 9.33. The summed E-state index contributed by atoms with van der Waals surface area (Å²) in [6, 6.07) is 12.7. The molecule has 1 N–H and O–H groups in total. The molecule has 3 heterocycles. The Morgan fingerprint density at radius 3 is 2.83 bits per heavy atom. The zero-order valence-corrected chi connectivity index (χ0v) is 17.0. The highest BCUT2D eigenvalue weighted by atomic mass is 32.2. The lowest BCUT2D eigenvalue weighted by molar-refractivity contribution is -0.122. The van der Waals surface area contributed by atoms with Crippen molar-refractivity contribution in [3.05, 3.63) is 76.6 Å². The number of hydrogen-bond donors (Lipinski definition) is 1. The summed E-state index contributed by atoms with van der Waals surface area (Å²) < 4.78 is 0. The van der Waals surface area contributed by atoms with Crippen LogP contribution in [0.4, 0.5) is 4.79 Å². The lowest BCUT2D eigenvalue weighted by Crippen LogP contribution is -2.37. The SMILES string of the molecule is Cc1cc(C(=O)NCCN2C(=O)S/C(=C\c3cccnc3)C2=O)c2ccccc2n1. The monoisotopic (exact) mass is 418 g/mol. The van der Waals surface area contributed by atoms with E-state index in [2.05, 4.69) is 15.3 Å². The molecule has 3 aromatic rings. The lowest BCUT2D eigenvalue weighted by Gasteiger charge is -2.14. The van der Waals surface area contributed by atoms with Gasteiger partial charge in [0.1, 0.15) is 0 Å². The summed E-state index contributed by atoms with van der Waals surface area (Å²) in [6.07, 6.45) is 4.90. The third kappa shape index (κ3) is 4.08. The second-order valence-corrected chi connectivity index (χ2v) is 7.70. The van der Waals surface area contributed by atoms with E-state index in [1.54, 1.807) is 30.6 Å². The maximum absolute atomic E-state index is 12.7. The Morgan fingerprint density at radius 2 is 2.03 bits per heavy atom. The van der Waals surface area contributed by atoms with Crippen LogP contribution in [0.2, 0.25) is 0 Å². The molecule has 0 aliphatic carbocycles. The van der Waals surface area contributed by atoms with Crippen molar-refractivity contribution in [1.29, 1.82) is 0 Å². The van der Waals surface area contributed by atoms with Crippen LogP contribution >= 0.6 is 11.8 Å². The Balaban J connectivity index is 1.42. The topological polar surface area (TPSA) is 92.3 Å². The van der Waals surface area contributed by atoms with E-state index in [4.69, 9.17) is 0 Å². The number of aryl methyl sites for hydroxylation is 1. The number of pyridine rings is 2. The Hall–Kier alpha value is -3.52. The average Bonchev–Trinajstić information content (AvgIpc) is 3.01. The lowest BCUT2D eigenvalue weighted by atomic mass is 10.1. The smallest absolute Gasteiger partial charge is 0.293 e. The summed E-state index contributed by atoms with van der Waals surface area (Å²) in [7, 11) is 0. The minimum Gasteiger partial charge on any atom is -0.350 e. The van der Waals surface area contributed by atoms with Gasteiger partial charge in [0.15, 0.2) is 0 Å². The number of benzene rings is 1. The number of rotatable bonds is 5. The number of aromatic nitrogens is 2. The molecule has 0 unspecified atom stereocenters. The van der Waals surface area contributed by atoms with Crippen LogP contribution in [0, 0.1) is 6.92 Å². The largest absolute Gasteiger partial charge is 0.350 e. The normalized spacial score (nSPS) is 15.2. The molecule has 1 aromatic carbocycles. The van der Waals surface area contributed by atoms with E-state index in [0.29, 0.717) is 10.5 Å². The van der Waals surface area contributed by atoms with Crippen molar-refractivity contribution in [3.63, 3.8) is 0 Å². The molecule has 3 amide bonds. The third-order valence-corrected chi connectivity index (χ3v) is 5.47. The molecular weight excluding hydrogens is 400 g/mol. The van der Waals surface area contributed by atoms with Crippen LogP contribution in [0.1, 0.15) is 21.6 Å². The van der Waals surface area contributed by atoms with Gasteiger partial charge in [-0.15, -0.1) is 0 Å². The summed E-state index contributed by atoms with van der Waals surface area (Å²) in [4.78, 5) is 47.4. The van der Waals surface area contributed by atoms with Crippen molar-refractivity contribution in [3.8, 4) is 0 Å². The average molecular weight is 418 g/mol. The van der Waals surface area contributed by atoms with E-state index in [9.17, 15) is 14.4 Å². The van der Waals surface area contributed by atoms with Crippen molar-refractivity contribution in [2.24, 2.45) is 0 Å². The minimum absolute atomic E-state index is 0.1000. The highest BCUT2D eigenvalue weighted by molar-refractivity contribution is 8.18. The standard InChI is InChI=1S/C22H18N4O3S/c1-14-11-17(16-6-2-3-7-18(16)25-14)20(27)24-9-10-26-21(28)19(30-22(26)29)12-15-5-4-8-23-13-15/h2-8,11-13H,9-10H2,1H3,(H,24,27)/b19-12-. The first kappa shape index (κ1) is 19.8. The van der Waals surface area contributed by atoms with Crippen molar-refractivity contribution in [1.82, 2.24) is 20.2 Å². The molecule has 0 saturated carbocycles. The second kappa shape index (κ2) is 8.46. The molecule has 0 atom stereocenters. The van der Waals surface area contributed by atoms with E-state index in [-0.39, 0.29) is 30.1 Å². The van der Waals surface area contributed by atoms with Gasteiger partial charge in [-0.2, -0.15) is 0 Å². The molecular formula is C22H18N4O3S. The summed E-state index contributed by atoms with van der Waals surface area (Å²) in [5, 5.41) is 3.20. The van der Waals surface area contributed by atoms with Crippen LogP contribution < -0.4 is 5.32 Å². The number of carbonyl (C=O) groups excluding carboxylic acids is 3. The fraction of sp³-hybridized carbons (Fsp3) is 0.136. The van der Waals surface area contributed by atoms with Gasteiger partial charge in [-0.25, -0.2) is 0 Å². The number of nitrogens with one attached hydrogen (secondary N) is 1. The van der Waals surface area contributed by atoms with Gasteiger partial charge in [-0.3, -0.25) is 29.3 Å². The van der Waals surface area contributed by atoms with Gasteiger partial charge in [0.05, 0.1) is 16.0 Å². The van der Waals surface area contributed by atoms with E-state index in [1.165, 1.54) is 0 Å². The molecule has 0 radical (unpaired) electrons. The van der Waals surface area contributed by atoms with Crippen molar-refractivity contribution in [2.75, 3.05) is 13.1 Å². The van der Waals surface area contributed by atoms with Crippen molar-refractivity contribution in [2.45, 2.75) is 6.92 Å². The van der Waals surface area contributed by atoms with Crippen LogP contribution in [0.5, 0.6) is 0 Å². The van der Waals surface area contributed by atoms with Gasteiger partial charge in [0.2, 0.25) is 0 Å². The summed E-state index contributed by atoms with van der Waals surface area (Å²) >= 11 is 0.885. The first-order valence-corrected chi connectivity index (χ1v) is 10.1. The Morgan fingerprint density at radius 1 is 1.20 bits per heavy atom. The minimum atomic E-state index is -0.367. The predicted octanol–water partition coefficient (Wildman–Crippen LogP) is 3.40. The van der Waals surface area contributed by atoms with Gasteiger partial charge in [0.25, 0.3) is 17.1 Å². The van der Waals surface area contributed by atoms with E-state index in [1.807, 2.05) is 37.3 Å². The molecule has 1 aliphatic heterocycles. The second-order valence-electron chi connectivity index (χ2n) is 6.70. The van der Waals surface area contributed by atoms with Gasteiger partial charge < -0.3 is 5.32 Å². The Bertz CT molecular complexity index is 1180. The van der Waals surface area contributed by atoms with Gasteiger partial charge in [0, 0.05) is 36.6 Å². The molecule has 1 saturated heterocycles. The number of carbonyl (C=O) groups is 3. The zero-order chi connectivity index (χ0) is 21.1. The number of imide groups is 1. The molecule has 7 nitrogen and oxygen atoms in total. The van der Waals surface area contributed by atoms with Crippen LogP contribution in [0.15, 0.2) is 59.8 Å². The molecule has 0 spiro atoms. The highest BCUT2D eigenvalue weighted by Crippen LogP contribution is 2.31. The fourth-order valence-corrected chi connectivity index (χ4v) is 4.04. The van der Waals surface area contributed by atoms with Crippen LogP contribution in [0.3, 0.4) is 0 Å². The van der Waals surface area contributed by atoms with Crippen LogP contribution in [-0.4, -0.2) is 45.0 Å². The molecule has 8 heteroatoms. The maximum Gasteiger partial charge on any atom is 0.293 e. The maximum atomic E-state index is 12.7. The van der Waals surface area contributed by atoms with E-state index >= 15 is 0 Å². The van der Waals surface area contributed by atoms with Crippen LogP contribution in [-0.2, 0) is 4.79 Å². The van der Waals surface area contributed by atoms with Crippen molar-refractivity contribution < 1.29 is 14.4 Å². The number of para-hydroxylation sites is 1. The third-order valence-electron chi connectivity index (χ3n) is 4.57. The Kier molecular flexibility index (Phi) is 5.58. The highest BCUT2D eigenvalue weighted by Gasteiger charge is 2.34. The molecule has 30 heavy (non-hydrogen) atoms. The number of hydrogen-bond acceptors (Lipinski definition) is 6.